The number of hydrogen-bond acceptors (Lipinski definition) is 8. The first kappa shape index (κ1) is 32.5. The zero-order valence-corrected chi connectivity index (χ0v) is 25.4. The van der Waals surface area contributed by atoms with Crippen LogP contribution in [0.15, 0.2) is 48.5 Å². The third-order valence-electron chi connectivity index (χ3n) is 6.92. The number of anilines is 2. The summed E-state index contributed by atoms with van der Waals surface area (Å²) >= 11 is 0. The number of likely N-dealkylation sites (N-methyl/N-ethyl adjacent to an activating group) is 1. The highest BCUT2D eigenvalue weighted by Gasteiger charge is 2.38. The van der Waals surface area contributed by atoms with Gasteiger partial charge in [0, 0.05) is 36.7 Å². The van der Waals surface area contributed by atoms with E-state index in [1.54, 1.807) is 37.3 Å². The number of halogens is 2. The van der Waals surface area contributed by atoms with Crippen LogP contribution in [-0.4, -0.2) is 44.4 Å². The molecule has 0 aliphatic carbocycles. The van der Waals surface area contributed by atoms with Gasteiger partial charge >= 0.3 is 5.97 Å². The predicted molar refractivity (Wildman–Crippen MR) is 162 cm³/mol. The van der Waals surface area contributed by atoms with Gasteiger partial charge in [-0.3, -0.25) is 9.59 Å². The Morgan fingerprint density at radius 3 is 2.48 bits per heavy atom. The zero-order chi connectivity index (χ0) is 29.9. The summed E-state index contributed by atoms with van der Waals surface area (Å²) in [5.41, 5.74) is 8.94. The molecule has 0 spiro atoms. The second-order valence-corrected chi connectivity index (χ2v) is 10.3. The number of carbonyl (C=O) groups excluding carboxylic acids is 2. The van der Waals surface area contributed by atoms with Gasteiger partial charge in [-0.05, 0) is 56.2 Å². The molecule has 1 aliphatic rings. The van der Waals surface area contributed by atoms with Crippen LogP contribution in [0, 0.1) is 12.7 Å². The third-order valence-corrected chi connectivity index (χ3v) is 6.92. The molecule has 3 aromatic carbocycles. The monoisotopic (exact) mass is 601 g/mol. The minimum atomic E-state index is -0.807. The normalized spacial score (nSPS) is 14.2. The number of nitrogens with zero attached hydrogens (tertiary/aromatic N) is 1. The minimum Gasteiger partial charge on any atom is -0.496 e. The molecule has 0 aromatic heterocycles. The number of fused-ring (bicyclic) bond motifs is 1. The maximum atomic E-state index is 14.0. The smallest absolute Gasteiger partial charge is 0.322 e. The lowest BCUT2D eigenvalue weighted by molar-refractivity contribution is -0.162. The molecule has 4 rings (SSSR count). The molecule has 0 saturated carbocycles. The number of nitrogens with two attached hydrogens (primary N) is 1. The van der Waals surface area contributed by atoms with E-state index >= 15 is 0 Å². The molecule has 0 bridgehead atoms. The van der Waals surface area contributed by atoms with E-state index in [9.17, 15) is 14.0 Å². The summed E-state index contributed by atoms with van der Waals surface area (Å²) in [5.74, 6) is 0.242. The number of carbonyl (C=O) groups is 2. The van der Waals surface area contributed by atoms with Crippen molar-refractivity contribution >= 4 is 35.7 Å². The van der Waals surface area contributed by atoms with Crippen LogP contribution in [0.25, 0.3) is 11.1 Å². The van der Waals surface area contributed by atoms with Crippen LogP contribution in [0.1, 0.15) is 38.3 Å². The van der Waals surface area contributed by atoms with E-state index in [1.165, 1.54) is 12.1 Å². The highest BCUT2D eigenvalue weighted by atomic mass is 35.5. The highest BCUT2D eigenvalue weighted by Crippen LogP contribution is 2.45. The van der Waals surface area contributed by atoms with Crippen LogP contribution in [0.4, 0.5) is 15.8 Å². The quantitative estimate of drug-likeness (QED) is 0.228. The second-order valence-electron chi connectivity index (χ2n) is 10.3. The topological polar surface area (TPSA) is 112 Å². The standard InChI is InChI=1S/C31H36FN3O6.ClH/c1-7-28(41-27(36)16-33)40-20-10-11-22(26(15-20)38-6)21-12-13-24-29(35(5)30(37)31(3,4)34-24)23(21)17-39-25-14-19(32)9-8-18(25)2;/h8-15,28,34H,7,16-17,33H2,1-6H3;1H/t28-;/m0./s1. The Bertz CT molecular complexity index is 1460. The largest absolute Gasteiger partial charge is 0.496 e. The van der Waals surface area contributed by atoms with Gasteiger partial charge in [0.15, 0.2) is 0 Å². The number of benzene rings is 3. The highest BCUT2D eigenvalue weighted by molar-refractivity contribution is 6.08. The molecule has 0 radical (unpaired) electrons. The van der Waals surface area contributed by atoms with E-state index in [4.69, 9.17) is 24.7 Å². The van der Waals surface area contributed by atoms with Gasteiger partial charge in [0.25, 0.3) is 5.91 Å². The molecule has 1 atom stereocenters. The summed E-state index contributed by atoms with van der Waals surface area (Å²) in [6.07, 6.45) is -0.386. The summed E-state index contributed by atoms with van der Waals surface area (Å²) < 4.78 is 37.0. The van der Waals surface area contributed by atoms with Crippen molar-refractivity contribution in [2.45, 2.75) is 52.6 Å². The molecule has 0 unspecified atom stereocenters. The van der Waals surface area contributed by atoms with E-state index in [1.807, 2.05) is 45.9 Å². The number of hydrogen-bond donors (Lipinski definition) is 2. The molecule has 11 heteroatoms. The molecular weight excluding hydrogens is 565 g/mol. The number of amides is 1. The molecule has 42 heavy (non-hydrogen) atoms. The van der Waals surface area contributed by atoms with Crippen molar-refractivity contribution in [3.63, 3.8) is 0 Å². The summed E-state index contributed by atoms with van der Waals surface area (Å²) in [5, 5.41) is 3.33. The van der Waals surface area contributed by atoms with Crippen LogP contribution in [-0.2, 0) is 20.9 Å². The fraction of sp³-hybridized carbons (Fsp3) is 0.355. The Balaban J connectivity index is 0.00000484. The Morgan fingerprint density at radius 2 is 1.81 bits per heavy atom. The number of aryl methyl sites for hydroxylation is 1. The average molecular weight is 602 g/mol. The molecule has 0 fully saturated rings. The molecule has 9 nitrogen and oxygen atoms in total. The third kappa shape index (κ3) is 6.71. The molecular formula is C31H37ClFN3O6. The van der Waals surface area contributed by atoms with Crippen LogP contribution >= 0.6 is 12.4 Å². The fourth-order valence-corrected chi connectivity index (χ4v) is 4.81. The SMILES string of the molecule is CC[C@H](OC(=O)CN)Oc1ccc(-c2ccc3c(c2COc2cc(F)ccc2C)N(C)C(=O)C(C)(C)N3)c(OC)c1.Cl. The first-order valence-corrected chi connectivity index (χ1v) is 13.3. The molecule has 3 N–H and O–H groups in total. The van der Waals surface area contributed by atoms with Gasteiger partial charge in [-0.25, -0.2) is 4.39 Å². The lowest BCUT2D eigenvalue weighted by Crippen LogP contribution is -2.52. The van der Waals surface area contributed by atoms with Crippen molar-refractivity contribution < 1.29 is 32.9 Å². The Kier molecular flexibility index (Phi) is 10.3. The van der Waals surface area contributed by atoms with Crippen molar-refractivity contribution in [2.24, 2.45) is 5.73 Å². The van der Waals surface area contributed by atoms with E-state index in [0.717, 1.165) is 22.4 Å². The molecule has 226 valence electrons. The fourth-order valence-electron chi connectivity index (χ4n) is 4.81. The van der Waals surface area contributed by atoms with Crippen molar-refractivity contribution in [3.05, 3.63) is 65.5 Å². The summed E-state index contributed by atoms with van der Waals surface area (Å²) in [6.45, 7) is 7.12. The number of esters is 1. The van der Waals surface area contributed by atoms with Gasteiger partial charge in [0.1, 0.15) is 35.2 Å². The van der Waals surface area contributed by atoms with Crippen LogP contribution in [0.2, 0.25) is 0 Å². The van der Waals surface area contributed by atoms with Crippen LogP contribution in [0.3, 0.4) is 0 Å². The maximum absolute atomic E-state index is 14.0. The van der Waals surface area contributed by atoms with Crippen molar-refractivity contribution in [2.75, 3.05) is 30.9 Å². The molecule has 1 heterocycles. The van der Waals surface area contributed by atoms with Gasteiger partial charge in [0.2, 0.25) is 6.29 Å². The lowest BCUT2D eigenvalue weighted by Gasteiger charge is -2.39. The zero-order valence-electron chi connectivity index (χ0n) is 24.6. The summed E-state index contributed by atoms with van der Waals surface area (Å²) in [7, 11) is 3.27. The van der Waals surface area contributed by atoms with Gasteiger partial charge in [0.05, 0.1) is 25.0 Å². The number of ether oxygens (including phenoxy) is 4. The minimum absolute atomic E-state index is 0. The van der Waals surface area contributed by atoms with E-state index in [-0.39, 0.29) is 31.5 Å². The number of methoxy groups -OCH3 is 1. The van der Waals surface area contributed by atoms with Crippen molar-refractivity contribution in [1.82, 2.24) is 0 Å². The molecule has 3 aromatic rings. The number of nitrogens with one attached hydrogen (secondary N) is 1. The van der Waals surface area contributed by atoms with E-state index in [2.05, 4.69) is 5.32 Å². The van der Waals surface area contributed by atoms with Gasteiger partial charge < -0.3 is 34.9 Å². The summed E-state index contributed by atoms with van der Waals surface area (Å²) in [6, 6.07) is 13.5. The van der Waals surface area contributed by atoms with Gasteiger partial charge in [-0.2, -0.15) is 0 Å². The molecule has 1 amide bonds. The Morgan fingerprint density at radius 1 is 1.10 bits per heavy atom. The summed E-state index contributed by atoms with van der Waals surface area (Å²) in [4.78, 5) is 26.6. The first-order chi connectivity index (χ1) is 19.5. The predicted octanol–water partition coefficient (Wildman–Crippen LogP) is 5.59. The molecule has 1 aliphatic heterocycles. The lowest BCUT2D eigenvalue weighted by atomic mass is 9.91. The van der Waals surface area contributed by atoms with Crippen LogP contribution in [0.5, 0.6) is 17.2 Å². The van der Waals surface area contributed by atoms with Gasteiger partial charge in [-0.15, -0.1) is 12.4 Å². The van der Waals surface area contributed by atoms with Gasteiger partial charge in [-0.1, -0.05) is 19.1 Å². The second kappa shape index (κ2) is 13.3. The van der Waals surface area contributed by atoms with Crippen LogP contribution < -0.4 is 30.2 Å². The van der Waals surface area contributed by atoms with Crippen molar-refractivity contribution in [1.29, 1.82) is 0 Å². The van der Waals surface area contributed by atoms with E-state index in [0.29, 0.717) is 34.9 Å². The van der Waals surface area contributed by atoms with E-state index < -0.39 is 23.6 Å². The number of rotatable bonds is 10. The molecule has 0 saturated heterocycles. The Hall–Kier alpha value is -4.02. The van der Waals surface area contributed by atoms with Crippen molar-refractivity contribution in [3.8, 4) is 28.4 Å². The Labute approximate surface area is 251 Å². The average Bonchev–Trinajstić information content (AvgIpc) is 2.95. The first-order valence-electron chi connectivity index (χ1n) is 13.3. The maximum Gasteiger partial charge on any atom is 0.322 e.